The third-order valence-corrected chi connectivity index (χ3v) is 5.34. The summed E-state index contributed by atoms with van der Waals surface area (Å²) >= 11 is 5.62. The molecule has 0 spiro atoms. The molecule has 2 aliphatic heterocycles. The highest BCUT2D eigenvalue weighted by atomic mass is 32.1. The van der Waals surface area contributed by atoms with Crippen molar-refractivity contribution in [1.82, 2.24) is 4.90 Å². The van der Waals surface area contributed by atoms with E-state index in [1.54, 1.807) is 12.1 Å². The molecule has 2 aromatic rings. The van der Waals surface area contributed by atoms with E-state index in [9.17, 15) is 10.1 Å². The lowest BCUT2D eigenvalue weighted by Gasteiger charge is -2.28. The molecule has 0 aliphatic carbocycles. The van der Waals surface area contributed by atoms with Crippen LogP contribution in [0.3, 0.4) is 0 Å². The molecule has 4 rings (SSSR count). The van der Waals surface area contributed by atoms with Gasteiger partial charge in [0.15, 0.2) is 16.6 Å². The van der Waals surface area contributed by atoms with Crippen molar-refractivity contribution in [3.63, 3.8) is 0 Å². The number of non-ortho nitro benzene ring substituents is 1. The Labute approximate surface area is 168 Å². The second-order valence-corrected chi connectivity index (χ2v) is 7.23. The maximum absolute atomic E-state index is 10.8. The molecule has 0 amide bonds. The van der Waals surface area contributed by atoms with Gasteiger partial charge in [0.05, 0.1) is 24.2 Å². The molecule has 7 nitrogen and oxygen atoms in total. The summed E-state index contributed by atoms with van der Waals surface area (Å²) in [5, 5.41) is 14.6. The smallest absolute Gasteiger partial charge is 0.269 e. The van der Waals surface area contributed by atoms with E-state index in [0.717, 1.165) is 48.6 Å². The molecule has 0 aromatic heterocycles. The average Bonchev–Trinajstić information content (AvgIpc) is 3.07. The summed E-state index contributed by atoms with van der Waals surface area (Å²) in [5.41, 5.74) is 1.94. The van der Waals surface area contributed by atoms with Gasteiger partial charge in [0.2, 0.25) is 0 Å². The molecular formula is C20H21N3O4S. The average molecular weight is 399 g/mol. The van der Waals surface area contributed by atoms with Crippen molar-refractivity contribution in [3.8, 4) is 11.5 Å². The first-order valence-electron chi connectivity index (χ1n) is 9.33. The van der Waals surface area contributed by atoms with Gasteiger partial charge >= 0.3 is 0 Å². The third-order valence-electron chi connectivity index (χ3n) is 5.00. The van der Waals surface area contributed by atoms with Crippen LogP contribution in [0.2, 0.25) is 0 Å². The zero-order valence-corrected chi connectivity index (χ0v) is 16.1. The van der Waals surface area contributed by atoms with Gasteiger partial charge in [-0.05, 0) is 54.9 Å². The number of fused-ring (bicyclic) bond motifs is 1. The lowest BCUT2D eigenvalue weighted by molar-refractivity contribution is -0.384. The Bertz CT molecular complexity index is 888. The fourth-order valence-corrected chi connectivity index (χ4v) is 3.94. The van der Waals surface area contributed by atoms with E-state index >= 15 is 0 Å². The Balaban J connectivity index is 1.49. The summed E-state index contributed by atoms with van der Waals surface area (Å²) in [6.45, 7) is 2.19. The first-order valence-corrected chi connectivity index (χ1v) is 9.74. The van der Waals surface area contributed by atoms with Crippen molar-refractivity contribution in [2.24, 2.45) is 0 Å². The van der Waals surface area contributed by atoms with E-state index in [1.165, 1.54) is 12.1 Å². The second-order valence-electron chi connectivity index (χ2n) is 6.84. The quantitative estimate of drug-likeness (QED) is 0.469. The Morgan fingerprint density at radius 3 is 2.61 bits per heavy atom. The standard InChI is InChI=1S/C20H21N3O4S/c24-23(25)16-7-5-15(6-8-16)21-20(28)22-10-1-3-17(22)14-4-9-18-19(13-14)27-12-2-11-26-18/h4-9,13,17H,1-3,10-12H2,(H,21,28)/t17-/m1/s1. The van der Waals surface area contributed by atoms with E-state index in [-0.39, 0.29) is 11.7 Å². The number of nitro groups is 1. The fourth-order valence-electron chi connectivity index (χ4n) is 3.61. The second kappa shape index (κ2) is 8.02. The SMILES string of the molecule is O=[N+]([O-])c1ccc(NC(=S)N2CCC[C@@H]2c2ccc3c(c2)OCCCO3)cc1. The minimum Gasteiger partial charge on any atom is -0.490 e. The van der Waals surface area contributed by atoms with E-state index in [4.69, 9.17) is 21.7 Å². The highest BCUT2D eigenvalue weighted by Crippen LogP contribution is 2.38. The van der Waals surface area contributed by atoms with Crippen molar-refractivity contribution >= 4 is 28.7 Å². The van der Waals surface area contributed by atoms with Crippen LogP contribution in [-0.2, 0) is 0 Å². The number of nitrogens with one attached hydrogen (secondary N) is 1. The molecule has 0 saturated carbocycles. The van der Waals surface area contributed by atoms with Crippen LogP contribution in [0.15, 0.2) is 42.5 Å². The predicted molar refractivity (Wildman–Crippen MR) is 110 cm³/mol. The number of hydrogen-bond acceptors (Lipinski definition) is 5. The van der Waals surface area contributed by atoms with Gasteiger partial charge < -0.3 is 19.7 Å². The van der Waals surface area contributed by atoms with Gasteiger partial charge in [-0.2, -0.15) is 0 Å². The number of anilines is 1. The van der Waals surface area contributed by atoms with Crippen LogP contribution in [0.25, 0.3) is 0 Å². The molecular weight excluding hydrogens is 378 g/mol. The Morgan fingerprint density at radius 2 is 1.86 bits per heavy atom. The van der Waals surface area contributed by atoms with Crippen LogP contribution >= 0.6 is 12.2 Å². The van der Waals surface area contributed by atoms with Crippen LogP contribution in [0.1, 0.15) is 30.9 Å². The molecule has 2 aliphatic rings. The topological polar surface area (TPSA) is 76.9 Å². The number of likely N-dealkylation sites (tertiary alicyclic amines) is 1. The highest BCUT2D eigenvalue weighted by Gasteiger charge is 2.29. The molecule has 2 heterocycles. The van der Waals surface area contributed by atoms with Gasteiger partial charge in [0, 0.05) is 30.8 Å². The molecule has 2 aromatic carbocycles. The normalized spacial score (nSPS) is 18.4. The first kappa shape index (κ1) is 18.5. The minimum absolute atomic E-state index is 0.0581. The predicted octanol–water partition coefficient (Wildman–Crippen LogP) is 4.29. The molecule has 8 heteroatoms. The zero-order chi connectivity index (χ0) is 19.5. The van der Waals surface area contributed by atoms with Crippen molar-refractivity contribution in [3.05, 3.63) is 58.1 Å². The van der Waals surface area contributed by atoms with E-state index in [2.05, 4.69) is 22.3 Å². The number of ether oxygens (including phenoxy) is 2. The van der Waals surface area contributed by atoms with Crippen LogP contribution < -0.4 is 14.8 Å². The minimum atomic E-state index is -0.414. The maximum Gasteiger partial charge on any atom is 0.269 e. The molecule has 28 heavy (non-hydrogen) atoms. The lowest BCUT2D eigenvalue weighted by Crippen LogP contribution is -2.34. The highest BCUT2D eigenvalue weighted by molar-refractivity contribution is 7.80. The monoisotopic (exact) mass is 399 g/mol. The van der Waals surface area contributed by atoms with E-state index in [0.29, 0.717) is 18.3 Å². The number of thiocarbonyl (C=S) groups is 1. The van der Waals surface area contributed by atoms with Gasteiger partial charge in [-0.25, -0.2) is 0 Å². The number of hydrogen-bond donors (Lipinski definition) is 1. The van der Waals surface area contributed by atoms with Gasteiger partial charge in [-0.1, -0.05) is 6.07 Å². The van der Waals surface area contributed by atoms with Crippen LogP contribution in [0.4, 0.5) is 11.4 Å². The number of nitrogens with zero attached hydrogens (tertiary/aromatic N) is 2. The van der Waals surface area contributed by atoms with E-state index in [1.807, 2.05) is 6.07 Å². The fraction of sp³-hybridized carbons (Fsp3) is 0.350. The summed E-state index contributed by atoms with van der Waals surface area (Å²) in [4.78, 5) is 12.5. The van der Waals surface area contributed by atoms with Gasteiger partial charge in [-0.3, -0.25) is 10.1 Å². The summed E-state index contributed by atoms with van der Waals surface area (Å²) in [7, 11) is 0. The number of benzene rings is 2. The third kappa shape index (κ3) is 3.87. The van der Waals surface area contributed by atoms with Gasteiger partial charge in [0.1, 0.15) is 0 Å². The zero-order valence-electron chi connectivity index (χ0n) is 15.3. The summed E-state index contributed by atoms with van der Waals surface area (Å²) in [6.07, 6.45) is 2.92. The molecule has 0 unspecified atom stereocenters. The maximum atomic E-state index is 10.8. The Hall–Kier alpha value is -2.87. The number of rotatable bonds is 3. The number of nitro benzene ring substituents is 1. The van der Waals surface area contributed by atoms with E-state index < -0.39 is 4.92 Å². The van der Waals surface area contributed by atoms with Crippen LogP contribution in [0, 0.1) is 10.1 Å². The molecule has 0 radical (unpaired) electrons. The molecule has 1 atom stereocenters. The first-order chi connectivity index (χ1) is 13.6. The molecule has 0 bridgehead atoms. The molecule has 1 N–H and O–H groups in total. The molecule has 1 saturated heterocycles. The molecule has 1 fully saturated rings. The van der Waals surface area contributed by atoms with Crippen molar-refractivity contribution in [2.75, 3.05) is 25.1 Å². The lowest BCUT2D eigenvalue weighted by atomic mass is 10.0. The van der Waals surface area contributed by atoms with Crippen molar-refractivity contribution in [2.45, 2.75) is 25.3 Å². The van der Waals surface area contributed by atoms with Crippen LogP contribution in [0.5, 0.6) is 11.5 Å². The molecule has 146 valence electrons. The van der Waals surface area contributed by atoms with Crippen LogP contribution in [-0.4, -0.2) is 34.7 Å². The summed E-state index contributed by atoms with van der Waals surface area (Å²) < 4.78 is 11.5. The van der Waals surface area contributed by atoms with Crippen molar-refractivity contribution < 1.29 is 14.4 Å². The van der Waals surface area contributed by atoms with Gasteiger partial charge in [0.25, 0.3) is 5.69 Å². The largest absolute Gasteiger partial charge is 0.490 e. The summed E-state index contributed by atoms with van der Waals surface area (Å²) in [6, 6.07) is 12.5. The van der Waals surface area contributed by atoms with Crippen molar-refractivity contribution in [1.29, 1.82) is 0 Å². The Morgan fingerprint density at radius 1 is 1.11 bits per heavy atom. The Kier molecular flexibility index (Phi) is 5.29. The summed E-state index contributed by atoms with van der Waals surface area (Å²) in [5.74, 6) is 1.58. The van der Waals surface area contributed by atoms with Gasteiger partial charge in [-0.15, -0.1) is 0 Å².